The molecule has 0 bridgehead atoms. The molecule has 3 N–H and O–H groups in total. The number of primary amides is 1. The first-order chi connectivity index (χ1) is 13.8. The fourth-order valence-corrected chi connectivity index (χ4v) is 4.36. The van der Waals surface area contributed by atoms with Crippen LogP contribution >= 0.6 is 34.5 Å². The number of fused-ring (bicyclic) bond motifs is 1. The number of anilines is 1. The molecular formula is C20H14Cl2N4O2S. The van der Waals surface area contributed by atoms with E-state index in [-0.39, 0.29) is 11.5 Å². The van der Waals surface area contributed by atoms with Crippen LogP contribution in [0.4, 0.5) is 5.69 Å². The first-order valence-corrected chi connectivity index (χ1v) is 10.1. The Kier molecular flexibility index (Phi) is 5.04. The van der Waals surface area contributed by atoms with Gasteiger partial charge in [-0.3, -0.25) is 9.59 Å². The Balaban J connectivity index is 1.72. The second-order valence-electron chi connectivity index (χ2n) is 6.29. The molecule has 4 rings (SSSR count). The van der Waals surface area contributed by atoms with Gasteiger partial charge in [0.05, 0.1) is 32.0 Å². The van der Waals surface area contributed by atoms with Crippen molar-refractivity contribution in [1.29, 1.82) is 0 Å². The normalized spacial score (nSPS) is 11.0. The fraction of sp³-hybridized carbons (Fsp3) is 0.0500. The summed E-state index contributed by atoms with van der Waals surface area (Å²) in [6.45, 7) is 1.87. The minimum atomic E-state index is -0.602. The van der Waals surface area contributed by atoms with Crippen LogP contribution in [0.25, 0.3) is 15.9 Å². The van der Waals surface area contributed by atoms with Crippen LogP contribution in [0.2, 0.25) is 10.0 Å². The summed E-state index contributed by atoms with van der Waals surface area (Å²) < 4.78 is 1.73. The lowest BCUT2D eigenvalue weighted by atomic mass is 10.2. The molecule has 0 spiro atoms. The Hall–Kier alpha value is -2.87. The Morgan fingerprint density at radius 1 is 1.10 bits per heavy atom. The molecule has 0 aliphatic rings. The van der Waals surface area contributed by atoms with Gasteiger partial charge in [-0.1, -0.05) is 35.3 Å². The van der Waals surface area contributed by atoms with E-state index >= 15 is 0 Å². The molecule has 0 saturated carbocycles. The van der Waals surface area contributed by atoms with E-state index in [1.807, 2.05) is 25.1 Å². The molecule has 2 aromatic heterocycles. The summed E-state index contributed by atoms with van der Waals surface area (Å²) in [7, 11) is 0. The standard InChI is InChI=1S/C20H14Cl2N4O2S/c1-10-12-9-17(19(28)24-15-8-11(18(23)27)6-7-13(15)21)29-20(12)26(25-10)16-5-3-2-4-14(16)22/h2-9H,1H3,(H2,23,27)(H,24,28). The van der Waals surface area contributed by atoms with Crippen molar-refractivity contribution >= 4 is 62.3 Å². The second-order valence-corrected chi connectivity index (χ2v) is 8.14. The molecule has 0 atom stereocenters. The van der Waals surface area contributed by atoms with E-state index in [4.69, 9.17) is 28.9 Å². The van der Waals surface area contributed by atoms with Crippen LogP contribution in [0.15, 0.2) is 48.5 Å². The molecule has 29 heavy (non-hydrogen) atoms. The average Bonchev–Trinajstić information content (AvgIpc) is 3.25. The lowest BCUT2D eigenvalue weighted by molar-refractivity contribution is 0.0996. The number of rotatable bonds is 4. The highest BCUT2D eigenvalue weighted by Gasteiger charge is 2.19. The Morgan fingerprint density at radius 3 is 2.59 bits per heavy atom. The Bertz CT molecular complexity index is 1280. The second kappa shape index (κ2) is 7.51. The predicted molar refractivity (Wildman–Crippen MR) is 117 cm³/mol. The lowest BCUT2D eigenvalue weighted by Crippen LogP contribution is -2.14. The molecule has 9 heteroatoms. The van der Waals surface area contributed by atoms with Gasteiger partial charge in [0.25, 0.3) is 5.91 Å². The molecule has 0 fully saturated rings. The molecule has 4 aromatic rings. The van der Waals surface area contributed by atoms with Crippen molar-refractivity contribution in [2.24, 2.45) is 5.73 Å². The Morgan fingerprint density at radius 2 is 1.86 bits per heavy atom. The van der Waals surface area contributed by atoms with E-state index in [2.05, 4.69) is 10.4 Å². The zero-order valence-electron chi connectivity index (χ0n) is 15.1. The third-order valence-electron chi connectivity index (χ3n) is 4.35. The van der Waals surface area contributed by atoms with Crippen molar-refractivity contribution in [2.45, 2.75) is 6.92 Å². The molecule has 0 aliphatic heterocycles. The van der Waals surface area contributed by atoms with Crippen LogP contribution in [-0.2, 0) is 0 Å². The van der Waals surface area contributed by atoms with Gasteiger partial charge in [0.2, 0.25) is 5.91 Å². The van der Waals surface area contributed by atoms with E-state index in [9.17, 15) is 9.59 Å². The summed E-state index contributed by atoms with van der Waals surface area (Å²) in [5.74, 6) is -0.950. The van der Waals surface area contributed by atoms with Crippen molar-refractivity contribution in [3.63, 3.8) is 0 Å². The van der Waals surface area contributed by atoms with Crippen molar-refractivity contribution in [3.8, 4) is 5.69 Å². The number of nitrogens with one attached hydrogen (secondary N) is 1. The van der Waals surface area contributed by atoms with Crippen LogP contribution in [0.1, 0.15) is 25.7 Å². The molecule has 146 valence electrons. The monoisotopic (exact) mass is 444 g/mol. The molecule has 0 aliphatic carbocycles. The number of carbonyl (C=O) groups excluding carboxylic acids is 2. The van der Waals surface area contributed by atoms with Gasteiger partial charge >= 0.3 is 0 Å². The first kappa shape index (κ1) is 19.4. The molecule has 2 heterocycles. The predicted octanol–water partition coefficient (Wildman–Crippen LogP) is 5.05. The highest BCUT2D eigenvalue weighted by Crippen LogP contribution is 2.33. The minimum absolute atomic E-state index is 0.256. The number of hydrogen-bond donors (Lipinski definition) is 2. The maximum absolute atomic E-state index is 12.8. The van der Waals surface area contributed by atoms with Crippen molar-refractivity contribution in [2.75, 3.05) is 5.32 Å². The van der Waals surface area contributed by atoms with Crippen LogP contribution in [0, 0.1) is 6.92 Å². The van der Waals surface area contributed by atoms with Crippen molar-refractivity contribution in [3.05, 3.63) is 74.7 Å². The van der Waals surface area contributed by atoms with Crippen molar-refractivity contribution in [1.82, 2.24) is 9.78 Å². The van der Waals surface area contributed by atoms with Gasteiger partial charge in [0.15, 0.2) is 0 Å². The number of benzene rings is 2. The number of aryl methyl sites for hydroxylation is 1. The van der Waals surface area contributed by atoms with E-state index in [1.54, 1.807) is 16.8 Å². The number of amides is 2. The number of carbonyl (C=O) groups is 2. The van der Waals surface area contributed by atoms with Gasteiger partial charge in [-0.2, -0.15) is 5.10 Å². The fourth-order valence-electron chi connectivity index (χ4n) is 2.90. The van der Waals surface area contributed by atoms with Gasteiger partial charge in [-0.25, -0.2) is 4.68 Å². The third kappa shape index (κ3) is 3.60. The average molecular weight is 445 g/mol. The zero-order chi connectivity index (χ0) is 20.7. The molecule has 6 nitrogen and oxygen atoms in total. The van der Waals surface area contributed by atoms with Gasteiger partial charge in [0.1, 0.15) is 4.83 Å². The largest absolute Gasteiger partial charge is 0.366 e. The van der Waals surface area contributed by atoms with Gasteiger partial charge in [-0.15, -0.1) is 11.3 Å². The summed E-state index contributed by atoms with van der Waals surface area (Å²) in [4.78, 5) is 25.5. The maximum atomic E-state index is 12.8. The topological polar surface area (TPSA) is 90.0 Å². The molecule has 2 aromatic carbocycles. The SMILES string of the molecule is Cc1nn(-c2ccccc2Cl)c2sc(C(=O)Nc3cc(C(N)=O)ccc3Cl)cc12. The number of aromatic nitrogens is 2. The number of para-hydroxylation sites is 1. The molecule has 0 radical (unpaired) electrons. The number of nitrogens with two attached hydrogens (primary N) is 1. The van der Waals surface area contributed by atoms with Crippen LogP contribution in [0.3, 0.4) is 0 Å². The van der Waals surface area contributed by atoms with E-state index in [0.29, 0.717) is 20.6 Å². The lowest BCUT2D eigenvalue weighted by Gasteiger charge is -2.07. The summed E-state index contributed by atoms with van der Waals surface area (Å²) >= 11 is 13.7. The Labute approximate surface area is 179 Å². The van der Waals surface area contributed by atoms with E-state index < -0.39 is 5.91 Å². The maximum Gasteiger partial charge on any atom is 0.265 e. The smallest absolute Gasteiger partial charge is 0.265 e. The van der Waals surface area contributed by atoms with Gasteiger partial charge in [0, 0.05) is 10.9 Å². The van der Waals surface area contributed by atoms with Crippen LogP contribution < -0.4 is 11.1 Å². The minimum Gasteiger partial charge on any atom is -0.366 e. The molecule has 2 amide bonds. The number of nitrogens with zero attached hydrogens (tertiary/aromatic N) is 2. The molecule has 0 unspecified atom stereocenters. The highest BCUT2D eigenvalue weighted by molar-refractivity contribution is 7.20. The summed E-state index contributed by atoms with van der Waals surface area (Å²) in [6, 6.07) is 13.6. The first-order valence-electron chi connectivity index (χ1n) is 8.50. The summed E-state index contributed by atoms with van der Waals surface area (Å²) in [6.07, 6.45) is 0. The zero-order valence-corrected chi connectivity index (χ0v) is 17.4. The number of halogens is 2. The van der Waals surface area contributed by atoms with Crippen LogP contribution in [-0.4, -0.2) is 21.6 Å². The molecular weight excluding hydrogens is 431 g/mol. The number of thiophene rings is 1. The summed E-state index contributed by atoms with van der Waals surface area (Å²) in [5, 5.41) is 9.02. The van der Waals surface area contributed by atoms with Crippen molar-refractivity contribution < 1.29 is 9.59 Å². The number of hydrogen-bond acceptors (Lipinski definition) is 4. The van der Waals surface area contributed by atoms with E-state index in [0.717, 1.165) is 21.6 Å². The quantitative estimate of drug-likeness (QED) is 0.461. The van der Waals surface area contributed by atoms with Crippen LogP contribution in [0.5, 0.6) is 0 Å². The third-order valence-corrected chi connectivity index (χ3v) is 6.11. The van der Waals surface area contributed by atoms with Gasteiger partial charge < -0.3 is 11.1 Å². The molecule has 0 saturated heterocycles. The highest BCUT2D eigenvalue weighted by atomic mass is 35.5. The van der Waals surface area contributed by atoms with E-state index in [1.165, 1.54) is 29.5 Å². The van der Waals surface area contributed by atoms with Gasteiger partial charge in [-0.05, 0) is 43.3 Å². The summed E-state index contributed by atoms with van der Waals surface area (Å²) in [5.41, 5.74) is 7.39.